The lowest BCUT2D eigenvalue weighted by molar-refractivity contribution is 0.0993. The molecule has 4 nitrogen and oxygen atoms in total. The Hall–Kier alpha value is -2.47. The molecule has 0 N–H and O–H groups in total. The van der Waals surface area contributed by atoms with E-state index in [-0.39, 0.29) is 27.7 Å². The number of nitrogens with zero attached hydrogens (tertiary/aromatic N) is 2. The highest BCUT2D eigenvalue weighted by atomic mass is 32.2. The van der Waals surface area contributed by atoms with Crippen LogP contribution in [0.5, 0.6) is 0 Å². The van der Waals surface area contributed by atoms with Crippen molar-refractivity contribution in [2.75, 3.05) is 0 Å². The summed E-state index contributed by atoms with van der Waals surface area (Å²) < 4.78 is 19.3. The zero-order valence-electron chi connectivity index (χ0n) is 14.2. The molecular formula is C20H17FN2O2S. The number of Topliss-reactive ketones (excluding diaryl/α,β-unsaturated/α-hetero) is 1. The van der Waals surface area contributed by atoms with Crippen molar-refractivity contribution in [2.45, 2.75) is 36.7 Å². The first-order valence-corrected chi connectivity index (χ1v) is 9.41. The fourth-order valence-electron chi connectivity index (χ4n) is 3.17. The SMILES string of the molecule is C[C@@H](Sc1nnc(-c2ccccc2F)o1)C(=O)c1ccc2c(c1)CCC2. The molecule has 1 aliphatic carbocycles. The van der Waals surface area contributed by atoms with Crippen LogP contribution < -0.4 is 0 Å². The number of benzene rings is 2. The minimum atomic E-state index is -0.421. The summed E-state index contributed by atoms with van der Waals surface area (Å²) in [6.07, 6.45) is 3.28. The van der Waals surface area contributed by atoms with Crippen molar-refractivity contribution in [1.29, 1.82) is 0 Å². The average Bonchev–Trinajstić information content (AvgIpc) is 3.30. The van der Waals surface area contributed by atoms with Crippen LogP contribution in [-0.4, -0.2) is 21.2 Å². The highest BCUT2D eigenvalue weighted by Crippen LogP contribution is 2.30. The number of fused-ring (bicyclic) bond motifs is 1. The van der Waals surface area contributed by atoms with E-state index in [1.165, 1.54) is 29.0 Å². The van der Waals surface area contributed by atoms with Gasteiger partial charge in [-0.05, 0) is 55.5 Å². The maximum atomic E-state index is 13.8. The van der Waals surface area contributed by atoms with Crippen molar-refractivity contribution >= 4 is 17.5 Å². The number of rotatable bonds is 5. The Morgan fingerprint density at radius 3 is 2.81 bits per heavy atom. The molecule has 0 aliphatic heterocycles. The molecule has 1 aromatic heterocycles. The van der Waals surface area contributed by atoms with Crippen LogP contribution in [0.15, 0.2) is 52.1 Å². The number of ketones is 1. The van der Waals surface area contributed by atoms with Crippen LogP contribution in [0.3, 0.4) is 0 Å². The molecule has 0 radical (unpaired) electrons. The summed E-state index contributed by atoms with van der Waals surface area (Å²) in [4.78, 5) is 12.7. The van der Waals surface area contributed by atoms with E-state index in [1.54, 1.807) is 18.2 Å². The zero-order valence-corrected chi connectivity index (χ0v) is 15.1. The molecule has 0 bridgehead atoms. The van der Waals surface area contributed by atoms with Crippen molar-refractivity contribution < 1.29 is 13.6 Å². The van der Waals surface area contributed by atoms with E-state index in [2.05, 4.69) is 16.3 Å². The van der Waals surface area contributed by atoms with Crippen molar-refractivity contribution in [3.8, 4) is 11.5 Å². The van der Waals surface area contributed by atoms with E-state index < -0.39 is 5.82 Å². The Morgan fingerprint density at radius 2 is 1.96 bits per heavy atom. The fourth-order valence-corrected chi connectivity index (χ4v) is 3.93. The number of hydrogen-bond acceptors (Lipinski definition) is 5. The smallest absolute Gasteiger partial charge is 0.277 e. The molecule has 6 heteroatoms. The maximum absolute atomic E-state index is 13.8. The van der Waals surface area contributed by atoms with Gasteiger partial charge in [-0.1, -0.05) is 36.0 Å². The van der Waals surface area contributed by atoms with E-state index in [4.69, 9.17) is 4.42 Å². The molecule has 2 aromatic carbocycles. The largest absolute Gasteiger partial charge is 0.411 e. The first kappa shape index (κ1) is 17.0. The molecule has 1 atom stereocenters. The van der Waals surface area contributed by atoms with Crippen LogP contribution in [0.2, 0.25) is 0 Å². The molecule has 132 valence electrons. The summed E-state index contributed by atoms with van der Waals surface area (Å²) >= 11 is 1.19. The van der Waals surface area contributed by atoms with E-state index in [1.807, 2.05) is 19.1 Å². The summed E-state index contributed by atoms with van der Waals surface area (Å²) in [7, 11) is 0. The molecule has 0 amide bonds. The lowest BCUT2D eigenvalue weighted by Crippen LogP contribution is -2.13. The van der Waals surface area contributed by atoms with Gasteiger partial charge in [0.2, 0.25) is 0 Å². The quantitative estimate of drug-likeness (QED) is 0.481. The van der Waals surface area contributed by atoms with E-state index in [9.17, 15) is 9.18 Å². The summed E-state index contributed by atoms with van der Waals surface area (Å²) in [6, 6.07) is 12.2. The van der Waals surface area contributed by atoms with Gasteiger partial charge in [-0.2, -0.15) is 0 Å². The van der Waals surface area contributed by atoms with Gasteiger partial charge in [0.05, 0.1) is 10.8 Å². The van der Waals surface area contributed by atoms with Gasteiger partial charge in [-0.3, -0.25) is 4.79 Å². The van der Waals surface area contributed by atoms with Crippen LogP contribution in [0.25, 0.3) is 11.5 Å². The standard InChI is InChI=1S/C20H17FN2O2S/c1-12(18(24)15-10-9-13-5-4-6-14(13)11-15)26-20-23-22-19(25-20)16-7-2-3-8-17(16)21/h2-3,7-12H,4-6H2,1H3/t12-/m1/s1. The maximum Gasteiger partial charge on any atom is 0.277 e. The van der Waals surface area contributed by atoms with Gasteiger partial charge in [0, 0.05) is 5.56 Å². The molecule has 0 spiro atoms. The summed E-state index contributed by atoms with van der Waals surface area (Å²) in [6.45, 7) is 1.81. The fraction of sp³-hybridized carbons (Fsp3) is 0.250. The lowest BCUT2D eigenvalue weighted by Gasteiger charge is -2.09. The van der Waals surface area contributed by atoms with Gasteiger partial charge in [0.1, 0.15) is 5.82 Å². The second-order valence-electron chi connectivity index (χ2n) is 6.31. The van der Waals surface area contributed by atoms with Crippen LogP contribution >= 0.6 is 11.8 Å². The predicted octanol–water partition coefficient (Wildman–Crippen LogP) is 4.73. The molecule has 0 saturated heterocycles. The second-order valence-corrected chi connectivity index (χ2v) is 7.61. The molecule has 0 fully saturated rings. The van der Waals surface area contributed by atoms with Gasteiger partial charge >= 0.3 is 0 Å². The number of hydrogen-bond donors (Lipinski definition) is 0. The molecule has 0 saturated carbocycles. The number of halogens is 1. The topological polar surface area (TPSA) is 56.0 Å². The third kappa shape index (κ3) is 3.29. The van der Waals surface area contributed by atoms with Crippen LogP contribution in [0, 0.1) is 5.82 Å². The number of aromatic nitrogens is 2. The van der Waals surface area contributed by atoms with E-state index in [0.717, 1.165) is 19.3 Å². The van der Waals surface area contributed by atoms with Crippen molar-refractivity contribution in [1.82, 2.24) is 10.2 Å². The summed E-state index contributed by atoms with van der Waals surface area (Å²) in [5.41, 5.74) is 3.57. The van der Waals surface area contributed by atoms with Gasteiger partial charge in [-0.25, -0.2) is 4.39 Å². The van der Waals surface area contributed by atoms with E-state index in [0.29, 0.717) is 5.56 Å². The first-order valence-electron chi connectivity index (χ1n) is 8.53. The predicted molar refractivity (Wildman–Crippen MR) is 97.8 cm³/mol. The molecule has 4 rings (SSSR count). The highest BCUT2D eigenvalue weighted by Gasteiger charge is 2.22. The van der Waals surface area contributed by atoms with Gasteiger partial charge in [-0.15, -0.1) is 10.2 Å². The van der Waals surface area contributed by atoms with Crippen molar-refractivity contribution in [3.63, 3.8) is 0 Å². The monoisotopic (exact) mass is 368 g/mol. The van der Waals surface area contributed by atoms with Crippen molar-refractivity contribution in [3.05, 3.63) is 65.0 Å². The number of aryl methyl sites for hydroxylation is 2. The number of thioether (sulfide) groups is 1. The first-order chi connectivity index (χ1) is 12.6. The third-order valence-corrected chi connectivity index (χ3v) is 5.47. The van der Waals surface area contributed by atoms with Gasteiger partial charge in [0.15, 0.2) is 5.78 Å². The molecule has 1 aliphatic rings. The van der Waals surface area contributed by atoms with Gasteiger partial charge in [0.25, 0.3) is 11.1 Å². The minimum Gasteiger partial charge on any atom is -0.411 e. The van der Waals surface area contributed by atoms with Crippen molar-refractivity contribution in [2.24, 2.45) is 0 Å². The molecule has 3 aromatic rings. The third-order valence-electron chi connectivity index (χ3n) is 4.54. The molecule has 0 unspecified atom stereocenters. The lowest BCUT2D eigenvalue weighted by atomic mass is 10.0. The summed E-state index contributed by atoms with van der Waals surface area (Å²) in [5, 5.41) is 7.71. The Morgan fingerprint density at radius 1 is 1.15 bits per heavy atom. The Balaban J connectivity index is 1.49. The minimum absolute atomic E-state index is 0.0235. The summed E-state index contributed by atoms with van der Waals surface area (Å²) in [5.74, 6) is -0.284. The molecule has 1 heterocycles. The van der Waals surface area contributed by atoms with Crippen LogP contribution in [0.4, 0.5) is 4.39 Å². The molecular weight excluding hydrogens is 351 g/mol. The Bertz CT molecular complexity index is 970. The van der Waals surface area contributed by atoms with Gasteiger partial charge < -0.3 is 4.42 Å². The van der Waals surface area contributed by atoms with E-state index >= 15 is 0 Å². The van der Waals surface area contributed by atoms with Crippen LogP contribution in [-0.2, 0) is 12.8 Å². The number of carbonyl (C=O) groups is 1. The zero-order chi connectivity index (χ0) is 18.1. The Labute approximate surface area is 154 Å². The normalized spacial score (nSPS) is 14.2. The highest BCUT2D eigenvalue weighted by molar-refractivity contribution is 8.00. The Kier molecular flexibility index (Phi) is 4.59. The molecule has 26 heavy (non-hydrogen) atoms. The average molecular weight is 368 g/mol. The number of carbonyl (C=O) groups excluding carboxylic acids is 1. The second kappa shape index (κ2) is 7.03. The van der Waals surface area contributed by atoms with Crippen LogP contribution in [0.1, 0.15) is 34.8 Å².